The van der Waals surface area contributed by atoms with Crippen molar-refractivity contribution < 1.29 is 19.1 Å². The Hall–Kier alpha value is -1.75. The number of ether oxygens (including phenoxy) is 2. The van der Waals surface area contributed by atoms with Crippen LogP contribution in [0.4, 0.5) is 0 Å². The molecule has 0 saturated carbocycles. The Morgan fingerprint density at radius 1 is 1.50 bits per heavy atom. The van der Waals surface area contributed by atoms with Crippen LogP contribution in [0.1, 0.15) is 6.92 Å². The van der Waals surface area contributed by atoms with Gasteiger partial charge in [-0.15, -0.1) is 0 Å². The van der Waals surface area contributed by atoms with Crippen LogP contribution in [0.15, 0.2) is 24.3 Å². The van der Waals surface area contributed by atoms with Crippen LogP contribution < -0.4 is 15.0 Å². The Bertz CT molecular complexity index is 380. The number of rotatable bonds is 3. The lowest BCUT2D eigenvalue weighted by molar-refractivity contribution is -0.142. The van der Waals surface area contributed by atoms with Crippen molar-refractivity contribution in [2.45, 2.75) is 13.0 Å². The molecule has 1 unspecified atom stereocenters. The van der Waals surface area contributed by atoms with E-state index in [2.05, 4.69) is 5.48 Å². The summed E-state index contributed by atoms with van der Waals surface area (Å²) < 4.78 is 10.9. The molecule has 0 aromatic heterocycles. The van der Waals surface area contributed by atoms with E-state index in [1.807, 2.05) is 12.1 Å². The number of benzene rings is 1. The number of hydrogen-bond donors (Lipinski definition) is 1. The van der Waals surface area contributed by atoms with E-state index in [1.165, 1.54) is 0 Å². The van der Waals surface area contributed by atoms with Crippen LogP contribution in [-0.2, 0) is 9.63 Å². The van der Waals surface area contributed by atoms with Crippen molar-refractivity contribution in [1.29, 1.82) is 0 Å². The van der Waals surface area contributed by atoms with Gasteiger partial charge in [0, 0.05) is 0 Å². The second-order valence-electron chi connectivity index (χ2n) is 3.26. The minimum atomic E-state index is -0.665. The lowest BCUT2D eigenvalue weighted by atomic mass is 10.2. The Kier molecular flexibility index (Phi) is 3.26. The molecule has 5 nitrogen and oxygen atoms in total. The highest BCUT2D eigenvalue weighted by atomic mass is 16.7. The van der Waals surface area contributed by atoms with Crippen molar-refractivity contribution >= 4 is 5.91 Å². The molecule has 1 atom stereocenters. The SMILES string of the molecule is CCONC(=O)C1COc2ccccc2O1. The first-order valence-corrected chi connectivity index (χ1v) is 5.11. The van der Waals surface area contributed by atoms with Crippen molar-refractivity contribution in [3.63, 3.8) is 0 Å². The third-order valence-electron chi connectivity index (χ3n) is 2.12. The van der Waals surface area contributed by atoms with Gasteiger partial charge in [0.1, 0.15) is 6.61 Å². The van der Waals surface area contributed by atoms with Gasteiger partial charge in [-0.05, 0) is 19.1 Å². The van der Waals surface area contributed by atoms with Gasteiger partial charge in [0.2, 0.25) is 6.10 Å². The van der Waals surface area contributed by atoms with Gasteiger partial charge in [0.15, 0.2) is 11.5 Å². The van der Waals surface area contributed by atoms with Crippen molar-refractivity contribution in [1.82, 2.24) is 5.48 Å². The predicted molar refractivity (Wildman–Crippen MR) is 56.1 cm³/mol. The minimum Gasteiger partial charge on any atom is -0.485 e. The lowest BCUT2D eigenvalue weighted by Gasteiger charge is -2.25. The standard InChI is InChI=1S/C11H13NO4/c1-2-15-12-11(13)10-7-14-8-5-3-4-6-9(8)16-10/h3-6,10H,2,7H2,1H3,(H,12,13). The van der Waals surface area contributed by atoms with E-state index in [9.17, 15) is 4.79 Å². The third kappa shape index (κ3) is 2.25. The molecule has 0 fully saturated rings. The van der Waals surface area contributed by atoms with E-state index in [0.29, 0.717) is 18.1 Å². The number of carbonyl (C=O) groups excluding carboxylic acids is 1. The number of hydroxylamine groups is 1. The van der Waals surface area contributed by atoms with E-state index in [-0.39, 0.29) is 12.5 Å². The molecule has 1 aromatic rings. The topological polar surface area (TPSA) is 56.8 Å². The van der Waals surface area contributed by atoms with Crippen LogP contribution in [0.25, 0.3) is 0 Å². The maximum Gasteiger partial charge on any atom is 0.288 e. The zero-order valence-corrected chi connectivity index (χ0v) is 8.93. The Labute approximate surface area is 93.3 Å². The van der Waals surface area contributed by atoms with E-state index in [4.69, 9.17) is 14.3 Å². The van der Waals surface area contributed by atoms with Crippen LogP contribution >= 0.6 is 0 Å². The minimum absolute atomic E-state index is 0.190. The van der Waals surface area contributed by atoms with Crippen LogP contribution in [0.5, 0.6) is 11.5 Å². The molecule has 0 spiro atoms. The number of hydrogen-bond acceptors (Lipinski definition) is 4. The smallest absolute Gasteiger partial charge is 0.288 e. The first-order chi connectivity index (χ1) is 7.81. The van der Waals surface area contributed by atoms with Crippen LogP contribution in [0.2, 0.25) is 0 Å². The molecular formula is C11H13NO4. The quantitative estimate of drug-likeness (QED) is 0.773. The molecule has 1 aromatic carbocycles. The molecule has 1 aliphatic heterocycles. The van der Waals surface area contributed by atoms with Gasteiger partial charge in [-0.3, -0.25) is 9.63 Å². The summed E-state index contributed by atoms with van der Waals surface area (Å²) in [5.41, 5.74) is 2.29. The van der Waals surface area contributed by atoms with Gasteiger partial charge in [-0.2, -0.15) is 0 Å². The highest BCUT2D eigenvalue weighted by Gasteiger charge is 2.27. The fraction of sp³-hybridized carbons (Fsp3) is 0.364. The van der Waals surface area contributed by atoms with Gasteiger partial charge in [0.25, 0.3) is 5.91 Å². The van der Waals surface area contributed by atoms with Crippen molar-refractivity contribution in [3.8, 4) is 11.5 Å². The molecule has 1 aliphatic rings. The fourth-order valence-electron chi connectivity index (χ4n) is 1.36. The van der Waals surface area contributed by atoms with Gasteiger partial charge >= 0.3 is 0 Å². The summed E-state index contributed by atoms with van der Waals surface area (Å²) in [7, 11) is 0. The first kappa shape index (κ1) is 10.8. The molecule has 0 bridgehead atoms. The number of amides is 1. The summed E-state index contributed by atoms with van der Waals surface area (Å²) in [6, 6.07) is 7.23. The molecule has 86 valence electrons. The molecular weight excluding hydrogens is 210 g/mol. The highest BCUT2D eigenvalue weighted by Crippen LogP contribution is 2.30. The molecule has 0 aliphatic carbocycles. The molecule has 0 radical (unpaired) electrons. The van der Waals surface area contributed by atoms with E-state index in [1.54, 1.807) is 19.1 Å². The number of nitrogens with one attached hydrogen (secondary N) is 1. The zero-order valence-electron chi connectivity index (χ0n) is 8.93. The second kappa shape index (κ2) is 4.85. The lowest BCUT2D eigenvalue weighted by Crippen LogP contribution is -2.43. The number of carbonyl (C=O) groups is 1. The fourth-order valence-corrected chi connectivity index (χ4v) is 1.36. The van der Waals surface area contributed by atoms with Gasteiger partial charge in [0.05, 0.1) is 6.61 Å². The number of para-hydroxylation sites is 2. The molecule has 5 heteroatoms. The molecule has 1 N–H and O–H groups in total. The summed E-state index contributed by atoms with van der Waals surface area (Å²) in [6.45, 7) is 2.39. The summed E-state index contributed by atoms with van der Waals surface area (Å²) in [4.78, 5) is 16.3. The van der Waals surface area contributed by atoms with Gasteiger partial charge in [-0.1, -0.05) is 12.1 Å². The maximum atomic E-state index is 11.5. The Balaban J connectivity index is 1.99. The van der Waals surface area contributed by atoms with Gasteiger partial charge < -0.3 is 9.47 Å². The highest BCUT2D eigenvalue weighted by molar-refractivity contribution is 5.80. The first-order valence-electron chi connectivity index (χ1n) is 5.11. The van der Waals surface area contributed by atoms with Crippen LogP contribution in [-0.4, -0.2) is 25.2 Å². The van der Waals surface area contributed by atoms with Crippen molar-refractivity contribution in [2.75, 3.05) is 13.2 Å². The maximum absolute atomic E-state index is 11.5. The number of fused-ring (bicyclic) bond motifs is 1. The zero-order chi connectivity index (χ0) is 11.4. The summed E-state index contributed by atoms with van der Waals surface area (Å²) >= 11 is 0. The largest absolute Gasteiger partial charge is 0.485 e. The van der Waals surface area contributed by atoms with E-state index in [0.717, 1.165) is 0 Å². The van der Waals surface area contributed by atoms with Crippen molar-refractivity contribution in [2.24, 2.45) is 0 Å². The summed E-state index contributed by atoms with van der Waals surface area (Å²) in [5, 5.41) is 0. The molecule has 2 rings (SSSR count). The van der Waals surface area contributed by atoms with E-state index < -0.39 is 6.10 Å². The Morgan fingerprint density at radius 3 is 3.00 bits per heavy atom. The molecule has 1 amide bonds. The molecule has 0 saturated heterocycles. The normalized spacial score (nSPS) is 17.9. The average molecular weight is 223 g/mol. The Morgan fingerprint density at radius 2 is 2.25 bits per heavy atom. The molecule has 1 heterocycles. The monoisotopic (exact) mass is 223 g/mol. The third-order valence-corrected chi connectivity index (χ3v) is 2.12. The van der Waals surface area contributed by atoms with Crippen LogP contribution in [0.3, 0.4) is 0 Å². The summed E-state index contributed by atoms with van der Waals surface area (Å²) in [5.74, 6) is 0.893. The second-order valence-corrected chi connectivity index (χ2v) is 3.26. The summed E-state index contributed by atoms with van der Waals surface area (Å²) in [6.07, 6.45) is -0.665. The van der Waals surface area contributed by atoms with Gasteiger partial charge in [-0.25, -0.2) is 5.48 Å². The van der Waals surface area contributed by atoms with Crippen LogP contribution in [0, 0.1) is 0 Å². The molecule has 16 heavy (non-hydrogen) atoms. The van der Waals surface area contributed by atoms with Crippen molar-refractivity contribution in [3.05, 3.63) is 24.3 Å². The average Bonchev–Trinajstić information content (AvgIpc) is 2.35. The van der Waals surface area contributed by atoms with E-state index >= 15 is 0 Å². The predicted octanol–water partition coefficient (Wildman–Crippen LogP) is 0.894.